The second-order valence-electron chi connectivity index (χ2n) is 5.46. The Morgan fingerprint density at radius 3 is 2.36 bits per heavy atom. The minimum atomic E-state index is -3.69. The lowest BCUT2D eigenvalue weighted by molar-refractivity contribution is 0.411. The third-order valence-electron chi connectivity index (χ3n) is 3.59. The van der Waals surface area contributed by atoms with Crippen LogP contribution in [0.15, 0.2) is 51.9 Å². The van der Waals surface area contributed by atoms with E-state index in [0.717, 1.165) is 5.56 Å². The number of hydrogen-bond acceptors (Lipinski definition) is 6. The number of benzene rings is 2. The van der Waals surface area contributed by atoms with E-state index in [1.807, 2.05) is 0 Å². The van der Waals surface area contributed by atoms with Crippen molar-refractivity contribution < 1.29 is 17.7 Å². The van der Waals surface area contributed by atoms with Crippen LogP contribution in [0, 0.1) is 13.8 Å². The van der Waals surface area contributed by atoms with Gasteiger partial charge in [-0.3, -0.25) is 4.72 Å². The number of aryl methyl sites for hydroxylation is 2. The summed E-state index contributed by atoms with van der Waals surface area (Å²) < 4.78 is 37.8. The average Bonchev–Trinajstić information content (AvgIpc) is 3.01. The summed E-state index contributed by atoms with van der Waals surface area (Å²) in [6, 6.07) is 11.4. The number of ether oxygens (including phenoxy) is 1. The van der Waals surface area contributed by atoms with Crippen molar-refractivity contribution in [2.75, 3.05) is 11.8 Å². The molecular formula is C17H17N3O4S. The monoisotopic (exact) mass is 359 g/mol. The zero-order valence-electron chi connectivity index (χ0n) is 14.0. The van der Waals surface area contributed by atoms with Gasteiger partial charge in [-0.25, -0.2) is 8.42 Å². The van der Waals surface area contributed by atoms with Crippen molar-refractivity contribution in [3.8, 4) is 17.2 Å². The molecule has 0 saturated heterocycles. The quantitative estimate of drug-likeness (QED) is 0.752. The van der Waals surface area contributed by atoms with E-state index in [0.29, 0.717) is 28.7 Å². The number of anilines is 1. The number of nitrogens with zero attached hydrogens (tertiary/aromatic N) is 2. The highest BCUT2D eigenvalue weighted by Crippen LogP contribution is 2.24. The maximum Gasteiger partial charge on any atom is 0.261 e. The van der Waals surface area contributed by atoms with Crippen molar-refractivity contribution in [3.05, 3.63) is 53.9 Å². The first kappa shape index (κ1) is 17.0. The number of nitrogens with one attached hydrogen (secondary N) is 1. The molecule has 0 saturated carbocycles. The minimum Gasteiger partial charge on any atom is -0.496 e. The van der Waals surface area contributed by atoms with Gasteiger partial charge in [0.2, 0.25) is 0 Å². The zero-order chi connectivity index (χ0) is 18.0. The van der Waals surface area contributed by atoms with Crippen LogP contribution in [-0.4, -0.2) is 25.7 Å². The van der Waals surface area contributed by atoms with Crippen LogP contribution in [0.3, 0.4) is 0 Å². The molecule has 1 heterocycles. The first-order chi connectivity index (χ1) is 11.9. The van der Waals surface area contributed by atoms with Crippen molar-refractivity contribution in [3.63, 3.8) is 0 Å². The molecule has 130 valence electrons. The molecule has 1 N–H and O–H groups in total. The lowest BCUT2D eigenvalue weighted by atomic mass is 10.2. The minimum absolute atomic E-state index is 0.169. The molecule has 0 fully saturated rings. The van der Waals surface area contributed by atoms with Gasteiger partial charge < -0.3 is 9.26 Å². The maximum atomic E-state index is 12.5. The second-order valence-corrected chi connectivity index (χ2v) is 7.14. The average molecular weight is 359 g/mol. The summed E-state index contributed by atoms with van der Waals surface area (Å²) >= 11 is 0. The summed E-state index contributed by atoms with van der Waals surface area (Å²) in [5.41, 5.74) is 1.89. The van der Waals surface area contributed by atoms with E-state index in [2.05, 4.69) is 14.9 Å². The van der Waals surface area contributed by atoms with Crippen LogP contribution >= 0.6 is 0 Å². The van der Waals surface area contributed by atoms with Crippen LogP contribution in [0.2, 0.25) is 0 Å². The van der Waals surface area contributed by atoms with Crippen molar-refractivity contribution >= 4 is 15.7 Å². The van der Waals surface area contributed by atoms with Gasteiger partial charge >= 0.3 is 0 Å². The highest BCUT2D eigenvalue weighted by atomic mass is 32.2. The number of hydrogen-bond donors (Lipinski definition) is 1. The van der Waals surface area contributed by atoms with Gasteiger partial charge in [0, 0.05) is 11.3 Å². The molecule has 0 radical (unpaired) electrons. The lowest BCUT2D eigenvalue weighted by Gasteiger charge is -2.10. The SMILES string of the molecule is COc1ccc(S(=O)(=O)Nc2ccc(-c3nc(C)no3)cc2)cc1C. The highest BCUT2D eigenvalue weighted by Gasteiger charge is 2.16. The van der Waals surface area contributed by atoms with Gasteiger partial charge in [0.05, 0.1) is 12.0 Å². The summed E-state index contributed by atoms with van der Waals surface area (Å²) in [4.78, 5) is 4.30. The van der Waals surface area contributed by atoms with Crippen molar-refractivity contribution in [1.29, 1.82) is 0 Å². The Morgan fingerprint density at radius 2 is 1.80 bits per heavy atom. The molecule has 3 aromatic rings. The van der Waals surface area contributed by atoms with Gasteiger partial charge in [0.25, 0.3) is 15.9 Å². The predicted octanol–water partition coefficient (Wildman–Crippen LogP) is 3.16. The molecule has 0 atom stereocenters. The van der Waals surface area contributed by atoms with Crippen LogP contribution in [0.4, 0.5) is 5.69 Å². The Bertz CT molecular complexity index is 995. The van der Waals surface area contributed by atoms with Gasteiger partial charge in [0.1, 0.15) is 5.75 Å². The summed E-state index contributed by atoms with van der Waals surface area (Å²) in [5.74, 6) is 1.56. The molecule has 0 aliphatic heterocycles. The van der Waals surface area contributed by atoms with Gasteiger partial charge in [-0.2, -0.15) is 4.98 Å². The molecule has 0 unspecified atom stereocenters. The fraction of sp³-hybridized carbons (Fsp3) is 0.176. The number of methoxy groups -OCH3 is 1. The Labute approximate surface area is 145 Å². The molecule has 7 nitrogen and oxygen atoms in total. The van der Waals surface area contributed by atoms with Crippen LogP contribution < -0.4 is 9.46 Å². The van der Waals surface area contributed by atoms with E-state index in [4.69, 9.17) is 9.26 Å². The Balaban J connectivity index is 1.82. The van der Waals surface area contributed by atoms with E-state index in [9.17, 15) is 8.42 Å². The molecular weight excluding hydrogens is 342 g/mol. The van der Waals surface area contributed by atoms with Crippen LogP contribution in [0.1, 0.15) is 11.4 Å². The molecule has 3 rings (SSSR count). The normalized spacial score (nSPS) is 11.3. The second kappa shape index (κ2) is 6.56. The fourth-order valence-corrected chi connectivity index (χ4v) is 3.47. The molecule has 0 bridgehead atoms. The molecule has 0 amide bonds. The molecule has 1 aromatic heterocycles. The molecule has 8 heteroatoms. The van der Waals surface area contributed by atoms with Gasteiger partial charge in [-0.05, 0) is 61.9 Å². The van der Waals surface area contributed by atoms with Gasteiger partial charge in [0.15, 0.2) is 5.82 Å². The van der Waals surface area contributed by atoms with Crippen molar-refractivity contribution in [2.45, 2.75) is 18.7 Å². The zero-order valence-corrected chi connectivity index (χ0v) is 14.8. The summed E-state index contributed by atoms with van der Waals surface area (Å²) in [7, 11) is -2.15. The Hall–Kier alpha value is -2.87. The first-order valence-corrected chi connectivity index (χ1v) is 8.95. The lowest BCUT2D eigenvalue weighted by Crippen LogP contribution is -2.13. The van der Waals surface area contributed by atoms with Crippen LogP contribution in [0.5, 0.6) is 5.75 Å². The van der Waals surface area contributed by atoms with E-state index in [-0.39, 0.29) is 4.90 Å². The first-order valence-electron chi connectivity index (χ1n) is 7.47. The summed E-state index contributed by atoms with van der Waals surface area (Å²) in [6.45, 7) is 3.52. The van der Waals surface area contributed by atoms with Crippen molar-refractivity contribution in [2.24, 2.45) is 0 Å². The summed E-state index contributed by atoms with van der Waals surface area (Å²) in [5, 5.41) is 3.73. The number of sulfonamides is 1. The Morgan fingerprint density at radius 1 is 1.08 bits per heavy atom. The van der Waals surface area contributed by atoms with Crippen molar-refractivity contribution in [1.82, 2.24) is 10.1 Å². The molecule has 2 aromatic carbocycles. The van der Waals surface area contributed by atoms with E-state index in [1.165, 1.54) is 6.07 Å². The van der Waals surface area contributed by atoms with Gasteiger partial charge in [-0.15, -0.1) is 0 Å². The third-order valence-corrected chi connectivity index (χ3v) is 4.97. The fourth-order valence-electron chi connectivity index (χ4n) is 2.33. The topological polar surface area (TPSA) is 94.3 Å². The molecule has 0 aliphatic carbocycles. The third kappa shape index (κ3) is 3.63. The van der Waals surface area contributed by atoms with Gasteiger partial charge in [-0.1, -0.05) is 5.16 Å². The van der Waals surface area contributed by atoms with Crippen LogP contribution in [0.25, 0.3) is 11.5 Å². The number of aromatic nitrogens is 2. The van der Waals surface area contributed by atoms with E-state index in [1.54, 1.807) is 57.4 Å². The molecule has 0 spiro atoms. The molecule has 25 heavy (non-hydrogen) atoms. The summed E-state index contributed by atoms with van der Waals surface area (Å²) in [6.07, 6.45) is 0. The Kier molecular flexibility index (Phi) is 4.45. The van der Waals surface area contributed by atoms with Crippen LogP contribution in [-0.2, 0) is 10.0 Å². The van der Waals surface area contributed by atoms with E-state index >= 15 is 0 Å². The standard InChI is InChI=1S/C17H17N3O4S/c1-11-10-15(8-9-16(11)23-3)25(21,22)20-14-6-4-13(5-7-14)17-18-12(2)19-24-17/h4-10,20H,1-3H3. The maximum absolute atomic E-state index is 12.5. The smallest absolute Gasteiger partial charge is 0.261 e. The highest BCUT2D eigenvalue weighted by molar-refractivity contribution is 7.92. The molecule has 0 aliphatic rings. The van der Waals surface area contributed by atoms with E-state index < -0.39 is 10.0 Å². The predicted molar refractivity (Wildman–Crippen MR) is 93.0 cm³/mol. The largest absolute Gasteiger partial charge is 0.496 e. The number of rotatable bonds is 5.